The Morgan fingerprint density at radius 2 is 2.22 bits per heavy atom. The summed E-state index contributed by atoms with van der Waals surface area (Å²) in [7, 11) is 0. The Labute approximate surface area is 140 Å². The molecule has 1 aromatic carbocycles. The van der Waals surface area contributed by atoms with Gasteiger partial charge in [-0.05, 0) is 31.9 Å². The van der Waals surface area contributed by atoms with E-state index in [2.05, 4.69) is 27.0 Å². The normalized spacial score (nSPS) is 14.9. The maximum Gasteiger partial charge on any atom is 0.243 e. The van der Waals surface area contributed by atoms with Crippen molar-refractivity contribution < 1.29 is 4.79 Å². The lowest BCUT2D eigenvalue weighted by atomic mass is 10.2. The Morgan fingerprint density at radius 1 is 1.43 bits per heavy atom. The summed E-state index contributed by atoms with van der Waals surface area (Å²) >= 11 is 1.43. The van der Waals surface area contributed by atoms with Gasteiger partial charge in [0.05, 0.1) is 12.6 Å². The Balaban J connectivity index is 1.62. The Morgan fingerprint density at radius 3 is 2.87 bits per heavy atom. The number of benzene rings is 1. The molecule has 5 heteroatoms. The third-order valence-corrected chi connectivity index (χ3v) is 4.51. The van der Waals surface area contributed by atoms with Crippen LogP contribution in [0.5, 0.6) is 0 Å². The largest absolute Gasteiger partial charge is 0.301 e. The molecule has 1 amide bonds. The van der Waals surface area contributed by atoms with Crippen molar-refractivity contribution in [3.8, 4) is 11.8 Å². The highest BCUT2D eigenvalue weighted by atomic mass is 32.1. The molecule has 1 heterocycles. The van der Waals surface area contributed by atoms with Gasteiger partial charge in [0.25, 0.3) is 0 Å². The second kappa shape index (κ2) is 7.40. The van der Waals surface area contributed by atoms with Crippen LogP contribution in [0, 0.1) is 11.8 Å². The summed E-state index contributed by atoms with van der Waals surface area (Å²) in [6.07, 6.45) is 3.97. The maximum absolute atomic E-state index is 12.4. The summed E-state index contributed by atoms with van der Waals surface area (Å²) in [5.74, 6) is 6.34. The highest BCUT2D eigenvalue weighted by molar-refractivity contribution is 7.13. The van der Waals surface area contributed by atoms with Gasteiger partial charge in [-0.1, -0.05) is 30.0 Å². The highest BCUT2D eigenvalue weighted by Crippen LogP contribution is 2.28. The Kier molecular flexibility index (Phi) is 5.06. The number of anilines is 1. The van der Waals surface area contributed by atoms with Crippen LogP contribution in [0.25, 0.3) is 0 Å². The molecule has 2 aromatic rings. The number of nitrogens with zero attached hydrogens (tertiary/aromatic N) is 2. The first-order valence-electron chi connectivity index (χ1n) is 7.74. The topological polar surface area (TPSA) is 45.2 Å². The fourth-order valence-corrected chi connectivity index (χ4v) is 2.92. The van der Waals surface area contributed by atoms with E-state index >= 15 is 0 Å². The molecular weight excluding hydrogens is 306 g/mol. The van der Waals surface area contributed by atoms with Crippen LogP contribution in [-0.4, -0.2) is 34.4 Å². The second-order valence-corrected chi connectivity index (χ2v) is 6.47. The number of hydrogen-bond acceptors (Lipinski definition) is 4. The first kappa shape index (κ1) is 15.7. The zero-order valence-electron chi connectivity index (χ0n) is 13.0. The van der Waals surface area contributed by atoms with E-state index in [0.717, 1.165) is 18.4 Å². The standard InChI is InChI=1S/C18H19N3OS/c1-14(17(22)20-18-19-11-13-23-18)21(16-9-10-16)12-5-8-15-6-3-2-4-7-15/h2-4,6-7,11,13-14,16H,9-10,12H2,1H3,(H,19,20,22). The van der Waals surface area contributed by atoms with Gasteiger partial charge in [0, 0.05) is 23.2 Å². The number of carbonyl (C=O) groups excluding carboxylic acids is 1. The number of aromatic nitrogens is 1. The molecule has 0 aliphatic heterocycles. The van der Waals surface area contributed by atoms with E-state index in [1.165, 1.54) is 11.3 Å². The molecular formula is C18H19N3OS. The summed E-state index contributed by atoms with van der Waals surface area (Å²) in [4.78, 5) is 18.7. The van der Waals surface area contributed by atoms with E-state index in [1.807, 2.05) is 42.6 Å². The SMILES string of the molecule is CC(C(=O)Nc1nccs1)N(CC#Cc1ccccc1)C1CC1. The molecule has 1 atom stereocenters. The van der Waals surface area contributed by atoms with E-state index in [4.69, 9.17) is 0 Å². The Bertz CT molecular complexity index is 699. The molecule has 118 valence electrons. The van der Waals surface area contributed by atoms with E-state index in [0.29, 0.717) is 17.7 Å². The van der Waals surface area contributed by atoms with Crippen molar-refractivity contribution in [3.63, 3.8) is 0 Å². The molecule has 3 rings (SSSR count). The molecule has 0 spiro atoms. The average Bonchev–Trinajstić information content (AvgIpc) is 3.28. The zero-order chi connectivity index (χ0) is 16.1. The minimum Gasteiger partial charge on any atom is -0.301 e. The number of hydrogen-bond donors (Lipinski definition) is 1. The monoisotopic (exact) mass is 325 g/mol. The first-order chi connectivity index (χ1) is 11.2. The Hall–Kier alpha value is -2.16. The number of carbonyl (C=O) groups is 1. The van der Waals surface area contributed by atoms with Gasteiger partial charge in [0.1, 0.15) is 0 Å². The molecule has 23 heavy (non-hydrogen) atoms. The lowest BCUT2D eigenvalue weighted by Crippen LogP contribution is -2.43. The summed E-state index contributed by atoms with van der Waals surface area (Å²) in [6, 6.07) is 10.2. The second-order valence-electron chi connectivity index (χ2n) is 5.57. The van der Waals surface area contributed by atoms with E-state index in [-0.39, 0.29) is 11.9 Å². The number of rotatable bonds is 5. The summed E-state index contributed by atoms with van der Waals surface area (Å²) in [5.41, 5.74) is 1.00. The van der Waals surface area contributed by atoms with Crippen molar-refractivity contribution >= 4 is 22.4 Å². The molecule has 1 fully saturated rings. The summed E-state index contributed by atoms with van der Waals surface area (Å²) in [6.45, 7) is 2.54. The van der Waals surface area contributed by atoms with Crippen molar-refractivity contribution in [2.24, 2.45) is 0 Å². The minimum atomic E-state index is -0.212. The molecule has 0 radical (unpaired) electrons. The summed E-state index contributed by atoms with van der Waals surface area (Å²) in [5, 5.41) is 5.37. The smallest absolute Gasteiger partial charge is 0.243 e. The predicted molar refractivity (Wildman–Crippen MR) is 93.3 cm³/mol. The van der Waals surface area contributed by atoms with Gasteiger partial charge in [-0.3, -0.25) is 9.69 Å². The number of amides is 1. The molecule has 0 bridgehead atoms. The molecule has 1 N–H and O–H groups in total. The van der Waals surface area contributed by atoms with Crippen LogP contribution in [-0.2, 0) is 4.79 Å². The fourth-order valence-electron chi connectivity index (χ4n) is 2.39. The maximum atomic E-state index is 12.4. The number of thiazole rings is 1. The quantitative estimate of drug-likeness (QED) is 0.860. The molecule has 1 unspecified atom stereocenters. The average molecular weight is 325 g/mol. The van der Waals surface area contributed by atoms with Crippen LogP contribution < -0.4 is 5.32 Å². The molecule has 1 saturated carbocycles. The van der Waals surface area contributed by atoms with Gasteiger partial charge in [-0.2, -0.15) is 0 Å². The van der Waals surface area contributed by atoms with Gasteiger partial charge in [0.15, 0.2) is 5.13 Å². The van der Waals surface area contributed by atoms with Crippen molar-refractivity contribution in [3.05, 3.63) is 47.5 Å². The van der Waals surface area contributed by atoms with Gasteiger partial charge in [-0.15, -0.1) is 11.3 Å². The van der Waals surface area contributed by atoms with Crippen molar-refractivity contribution in [1.29, 1.82) is 0 Å². The first-order valence-corrected chi connectivity index (χ1v) is 8.62. The highest BCUT2D eigenvalue weighted by Gasteiger charge is 2.34. The molecule has 1 aliphatic rings. The van der Waals surface area contributed by atoms with Gasteiger partial charge in [-0.25, -0.2) is 4.98 Å². The van der Waals surface area contributed by atoms with Crippen molar-refractivity contribution in [1.82, 2.24) is 9.88 Å². The van der Waals surface area contributed by atoms with Gasteiger partial charge < -0.3 is 5.32 Å². The molecule has 1 aromatic heterocycles. The minimum absolute atomic E-state index is 0.0200. The van der Waals surface area contributed by atoms with Crippen LogP contribution in [0.4, 0.5) is 5.13 Å². The predicted octanol–water partition coefficient (Wildman–Crippen LogP) is 2.99. The third-order valence-electron chi connectivity index (χ3n) is 3.82. The van der Waals surface area contributed by atoms with E-state index in [9.17, 15) is 4.79 Å². The fraction of sp³-hybridized carbons (Fsp3) is 0.333. The lowest BCUT2D eigenvalue weighted by Gasteiger charge is -2.25. The van der Waals surface area contributed by atoms with Crippen LogP contribution in [0.2, 0.25) is 0 Å². The summed E-state index contributed by atoms with van der Waals surface area (Å²) < 4.78 is 0. The van der Waals surface area contributed by atoms with Crippen molar-refractivity contribution in [2.45, 2.75) is 31.8 Å². The lowest BCUT2D eigenvalue weighted by molar-refractivity contribution is -0.120. The van der Waals surface area contributed by atoms with E-state index < -0.39 is 0 Å². The molecule has 1 aliphatic carbocycles. The van der Waals surface area contributed by atoms with Crippen molar-refractivity contribution in [2.75, 3.05) is 11.9 Å². The van der Waals surface area contributed by atoms with Gasteiger partial charge >= 0.3 is 0 Å². The zero-order valence-corrected chi connectivity index (χ0v) is 13.8. The van der Waals surface area contributed by atoms with Crippen LogP contribution in [0.15, 0.2) is 41.9 Å². The van der Waals surface area contributed by atoms with Crippen LogP contribution in [0.3, 0.4) is 0 Å². The van der Waals surface area contributed by atoms with Gasteiger partial charge in [0.2, 0.25) is 5.91 Å². The number of nitrogens with one attached hydrogen (secondary N) is 1. The van der Waals surface area contributed by atoms with E-state index in [1.54, 1.807) is 6.20 Å². The van der Waals surface area contributed by atoms with Crippen LogP contribution >= 0.6 is 11.3 Å². The molecule has 4 nitrogen and oxygen atoms in total. The molecule has 0 saturated heterocycles. The third kappa shape index (κ3) is 4.41. The van der Waals surface area contributed by atoms with Crippen LogP contribution in [0.1, 0.15) is 25.3 Å².